The highest BCUT2D eigenvalue weighted by Crippen LogP contribution is 2.32. The van der Waals surface area contributed by atoms with Crippen molar-refractivity contribution >= 4 is 11.2 Å². The summed E-state index contributed by atoms with van der Waals surface area (Å²) in [5, 5.41) is 3.30. The summed E-state index contributed by atoms with van der Waals surface area (Å²) in [7, 11) is 6.91. The average Bonchev–Trinajstić information content (AvgIpc) is 2.80. The Hall–Kier alpha value is -1.89. The standard InChI is InChI=1S/C16H27N5O2/c1-15(2,9-16(3,4)17-5)13-18-11-10(19(13)6)12(22)21(8)14(23)20(11)7/h17H,9H2,1-8H3. The van der Waals surface area contributed by atoms with Gasteiger partial charge in [0.25, 0.3) is 5.56 Å². The van der Waals surface area contributed by atoms with E-state index >= 15 is 0 Å². The normalized spacial score (nSPS) is 13.0. The van der Waals surface area contributed by atoms with Crippen LogP contribution < -0.4 is 16.6 Å². The van der Waals surface area contributed by atoms with Gasteiger partial charge in [0.1, 0.15) is 5.82 Å². The summed E-state index contributed by atoms with van der Waals surface area (Å²) in [4.78, 5) is 29.2. The zero-order valence-electron chi connectivity index (χ0n) is 15.3. The Labute approximate surface area is 135 Å². The van der Waals surface area contributed by atoms with Crippen molar-refractivity contribution in [3.8, 4) is 0 Å². The van der Waals surface area contributed by atoms with Crippen molar-refractivity contribution in [2.24, 2.45) is 21.1 Å². The van der Waals surface area contributed by atoms with Gasteiger partial charge in [0.05, 0.1) is 0 Å². The fourth-order valence-electron chi connectivity index (χ4n) is 3.40. The molecule has 0 atom stereocenters. The molecule has 0 radical (unpaired) electrons. The van der Waals surface area contributed by atoms with E-state index in [0.717, 1.165) is 16.8 Å². The van der Waals surface area contributed by atoms with Gasteiger partial charge in [-0.1, -0.05) is 13.8 Å². The first-order valence-corrected chi connectivity index (χ1v) is 7.75. The van der Waals surface area contributed by atoms with Crippen LogP contribution in [0.1, 0.15) is 39.9 Å². The number of rotatable bonds is 4. The fourth-order valence-corrected chi connectivity index (χ4v) is 3.40. The van der Waals surface area contributed by atoms with Crippen LogP contribution in [0, 0.1) is 0 Å². The maximum Gasteiger partial charge on any atom is 0.332 e. The number of fused-ring (bicyclic) bond motifs is 1. The highest BCUT2D eigenvalue weighted by molar-refractivity contribution is 5.71. The van der Waals surface area contributed by atoms with E-state index in [1.54, 1.807) is 7.05 Å². The molecule has 7 nitrogen and oxygen atoms in total. The summed E-state index contributed by atoms with van der Waals surface area (Å²) in [5.41, 5.74) is -0.112. The third-order valence-corrected chi connectivity index (χ3v) is 4.64. The molecular weight excluding hydrogens is 294 g/mol. The van der Waals surface area contributed by atoms with Crippen molar-refractivity contribution in [3.63, 3.8) is 0 Å². The van der Waals surface area contributed by atoms with Crippen LogP contribution >= 0.6 is 0 Å². The molecule has 0 aromatic carbocycles. The van der Waals surface area contributed by atoms with Crippen molar-refractivity contribution < 1.29 is 0 Å². The van der Waals surface area contributed by atoms with Crippen molar-refractivity contribution in [1.82, 2.24) is 24.0 Å². The first kappa shape index (κ1) is 17.5. The molecule has 2 rings (SSSR count). The first-order valence-electron chi connectivity index (χ1n) is 7.75. The number of nitrogens with one attached hydrogen (secondary N) is 1. The van der Waals surface area contributed by atoms with Crippen LogP contribution in [0.5, 0.6) is 0 Å². The van der Waals surface area contributed by atoms with E-state index in [9.17, 15) is 9.59 Å². The molecule has 0 amide bonds. The van der Waals surface area contributed by atoms with E-state index in [2.05, 4.69) is 38.0 Å². The lowest BCUT2D eigenvalue weighted by molar-refractivity contribution is 0.292. The van der Waals surface area contributed by atoms with Gasteiger partial charge in [0.2, 0.25) is 0 Å². The smallest absolute Gasteiger partial charge is 0.325 e. The number of hydrogen-bond donors (Lipinski definition) is 1. The van der Waals surface area contributed by atoms with Gasteiger partial charge in [-0.15, -0.1) is 0 Å². The van der Waals surface area contributed by atoms with Gasteiger partial charge >= 0.3 is 5.69 Å². The van der Waals surface area contributed by atoms with Crippen molar-refractivity contribution in [2.45, 2.75) is 45.1 Å². The summed E-state index contributed by atoms with van der Waals surface area (Å²) >= 11 is 0. The number of hydrogen-bond acceptors (Lipinski definition) is 4. The SMILES string of the molecule is CNC(C)(C)CC(C)(C)c1nc2c(c(=O)n(C)c(=O)n2C)n1C. The third-order valence-electron chi connectivity index (χ3n) is 4.64. The molecule has 2 heterocycles. The van der Waals surface area contributed by atoms with E-state index in [4.69, 9.17) is 0 Å². The van der Waals surface area contributed by atoms with Crippen LogP contribution in [0.2, 0.25) is 0 Å². The quantitative estimate of drug-likeness (QED) is 0.897. The van der Waals surface area contributed by atoms with Gasteiger partial charge in [-0.05, 0) is 27.3 Å². The molecule has 0 aliphatic heterocycles. The maximum atomic E-state index is 12.5. The van der Waals surface area contributed by atoms with Gasteiger partial charge in [-0.2, -0.15) is 0 Å². The largest absolute Gasteiger partial charge is 0.332 e. The molecule has 0 saturated heterocycles. The molecule has 2 aromatic heterocycles. The van der Waals surface area contributed by atoms with Crippen molar-refractivity contribution in [1.29, 1.82) is 0 Å². The molecule has 0 fully saturated rings. The van der Waals surface area contributed by atoms with Crippen molar-refractivity contribution in [2.75, 3.05) is 7.05 Å². The Balaban J connectivity index is 2.76. The lowest BCUT2D eigenvalue weighted by atomic mass is 9.79. The highest BCUT2D eigenvalue weighted by atomic mass is 16.2. The summed E-state index contributed by atoms with van der Waals surface area (Å²) < 4.78 is 4.38. The van der Waals surface area contributed by atoms with Gasteiger partial charge in [-0.3, -0.25) is 13.9 Å². The zero-order chi connectivity index (χ0) is 17.7. The number of imidazole rings is 1. The molecule has 0 unspecified atom stereocenters. The number of aryl methyl sites for hydroxylation is 2. The summed E-state index contributed by atoms with van der Waals surface area (Å²) in [5.74, 6) is 0.800. The van der Waals surface area contributed by atoms with Crippen LogP contribution in [0.3, 0.4) is 0 Å². The predicted octanol–water partition coefficient (Wildman–Crippen LogP) is 0.636. The van der Waals surface area contributed by atoms with Crippen LogP contribution in [-0.2, 0) is 26.6 Å². The molecule has 1 N–H and O–H groups in total. The van der Waals surface area contributed by atoms with E-state index in [0.29, 0.717) is 11.2 Å². The Morgan fingerprint density at radius 2 is 1.57 bits per heavy atom. The van der Waals surface area contributed by atoms with E-state index in [1.165, 1.54) is 11.6 Å². The van der Waals surface area contributed by atoms with Crippen LogP contribution in [0.4, 0.5) is 0 Å². The zero-order valence-corrected chi connectivity index (χ0v) is 15.3. The Bertz CT molecular complexity index is 867. The molecule has 0 spiro atoms. The first-order chi connectivity index (χ1) is 10.4. The maximum absolute atomic E-state index is 12.5. The molecule has 0 saturated carbocycles. The van der Waals surface area contributed by atoms with Crippen LogP contribution in [0.25, 0.3) is 11.2 Å². The predicted molar refractivity (Wildman–Crippen MR) is 92.0 cm³/mol. The Kier molecular flexibility index (Phi) is 4.05. The molecular formula is C16H27N5O2. The monoisotopic (exact) mass is 321 g/mol. The second-order valence-electron chi connectivity index (χ2n) is 7.57. The minimum Gasteiger partial charge on any atom is -0.325 e. The van der Waals surface area contributed by atoms with E-state index in [-0.39, 0.29) is 22.2 Å². The summed E-state index contributed by atoms with van der Waals surface area (Å²) in [6.45, 7) is 8.48. The molecule has 128 valence electrons. The average molecular weight is 321 g/mol. The molecule has 2 aromatic rings. The molecule has 23 heavy (non-hydrogen) atoms. The molecule has 0 bridgehead atoms. The molecule has 0 aliphatic rings. The van der Waals surface area contributed by atoms with Crippen molar-refractivity contribution in [3.05, 3.63) is 26.7 Å². The van der Waals surface area contributed by atoms with Crippen LogP contribution in [-0.4, -0.2) is 31.3 Å². The van der Waals surface area contributed by atoms with Gasteiger partial charge in [-0.25, -0.2) is 9.78 Å². The fraction of sp³-hybridized carbons (Fsp3) is 0.688. The highest BCUT2D eigenvalue weighted by Gasteiger charge is 2.34. The van der Waals surface area contributed by atoms with Gasteiger partial charge in [0.15, 0.2) is 11.2 Å². The lowest BCUT2D eigenvalue weighted by Gasteiger charge is -2.34. The lowest BCUT2D eigenvalue weighted by Crippen LogP contribution is -2.42. The molecule has 7 heteroatoms. The molecule has 0 aliphatic carbocycles. The Morgan fingerprint density at radius 3 is 2.09 bits per heavy atom. The second-order valence-corrected chi connectivity index (χ2v) is 7.57. The second kappa shape index (κ2) is 5.33. The van der Waals surface area contributed by atoms with E-state index < -0.39 is 0 Å². The van der Waals surface area contributed by atoms with E-state index in [1.807, 2.05) is 18.7 Å². The van der Waals surface area contributed by atoms with Crippen LogP contribution in [0.15, 0.2) is 9.59 Å². The third kappa shape index (κ3) is 2.73. The topological polar surface area (TPSA) is 73.8 Å². The number of nitrogens with zero attached hydrogens (tertiary/aromatic N) is 4. The van der Waals surface area contributed by atoms with Gasteiger partial charge in [0, 0.05) is 32.1 Å². The van der Waals surface area contributed by atoms with Gasteiger partial charge < -0.3 is 9.88 Å². The summed E-state index contributed by atoms with van der Waals surface area (Å²) in [6, 6.07) is 0. The minimum atomic E-state index is -0.361. The number of aromatic nitrogens is 4. The minimum absolute atomic E-state index is 0.0710. The Morgan fingerprint density at radius 1 is 1.00 bits per heavy atom. The summed E-state index contributed by atoms with van der Waals surface area (Å²) in [6.07, 6.45) is 0.835.